The van der Waals surface area contributed by atoms with Crippen LogP contribution < -0.4 is 5.32 Å². The molecule has 0 heterocycles. The van der Waals surface area contributed by atoms with E-state index in [4.69, 9.17) is 16.3 Å². The number of hydrogen-bond acceptors (Lipinski definition) is 3. The van der Waals surface area contributed by atoms with Gasteiger partial charge in [0.1, 0.15) is 11.6 Å². The molecule has 0 spiro atoms. The molecule has 4 nitrogen and oxygen atoms in total. The van der Waals surface area contributed by atoms with Crippen LogP contribution in [0.3, 0.4) is 0 Å². The molecule has 0 radical (unpaired) electrons. The Kier molecular flexibility index (Phi) is 5.87. The van der Waals surface area contributed by atoms with Crippen LogP contribution in [0.2, 0.25) is 5.02 Å². The fourth-order valence-electron chi connectivity index (χ4n) is 1.91. The minimum absolute atomic E-state index is 0.0215. The van der Waals surface area contributed by atoms with Crippen molar-refractivity contribution in [3.63, 3.8) is 0 Å². The van der Waals surface area contributed by atoms with Crippen LogP contribution in [-0.2, 0) is 20.7 Å². The van der Waals surface area contributed by atoms with Gasteiger partial charge >= 0.3 is 5.97 Å². The van der Waals surface area contributed by atoms with E-state index in [1.54, 1.807) is 6.07 Å². The van der Waals surface area contributed by atoms with E-state index in [0.29, 0.717) is 0 Å². The number of amides is 1. The van der Waals surface area contributed by atoms with Crippen LogP contribution >= 0.6 is 11.6 Å². The lowest BCUT2D eigenvalue weighted by Crippen LogP contribution is -2.30. The van der Waals surface area contributed by atoms with Crippen molar-refractivity contribution in [1.29, 1.82) is 0 Å². The van der Waals surface area contributed by atoms with Gasteiger partial charge in [-0.3, -0.25) is 9.59 Å². The zero-order valence-electron chi connectivity index (χ0n) is 12.7. The molecule has 24 heavy (non-hydrogen) atoms. The van der Waals surface area contributed by atoms with Gasteiger partial charge in [-0.05, 0) is 36.8 Å². The van der Waals surface area contributed by atoms with Crippen molar-refractivity contribution in [2.75, 3.05) is 5.32 Å². The monoisotopic (exact) mass is 353 g/mol. The first-order valence-electron chi connectivity index (χ1n) is 7.05. The van der Waals surface area contributed by atoms with E-state index in [2.05, 4.69) is 5.32 Å². The lowest BCUT2D eigenvalue weighted by atomic mass is 10.1. The molecular formula is C17H14ClF2NO3. The maximum Gasteiger partial charge on any atom is 0.311 e. The highest BCUT2D eigenvalue weighted by molar-refractivity contribution is 6.33. The third kappa shape index (κ3) is 4.76. The van der Waals surface area contributed by atoms with Crippen molar-refractivity contribution in [2.24, 2.45) is 0 Å². The fraction of sp³-hybridized carbons (Fsp3) is 0.176. The molecule has 7 heteroatoms. The van der Waals surface area contributed by atoms with Gasteiger partial charge < -0.3 is 10.1 Å². The predicted molar refractivity (Wildman–Crippen MR) is 85.7 cm³/mol. The molecule has 0 saturated carbocycles. The molecular weight excluding hydrogens is 340 g/mol. The molecule has 0 aromatic heterocycles. The molecule has 0 unspecified atom stereocenters. The van der Waals surface area contributed by atoms with E-state index in [9.17, 15) is 18.4 Å². The van der Waals surface area contributed by atoms with Crippen LogP contribution in [0.25, 0.3) is 0 Å². The molecule has 0 aliphatic carbocycles. The number of rotatable bonds is 5. The standard InChI is InChI=1S/C17H14ClF2NO3/c1-10(17(23)21-15-7-6-12(19)9-13(15)18)24-16(22)8-11-4-2-3-5-14(11)20/h2-7,9-10H,8H2,1H3,(H,21,23)/t10-/m0/s1. The van der Waals surface area contributed by atoms with Gasteiger partial charge in [0.05, 0.1) is 17.1 Å². The van der Waals surface area contributed by atoms with Crippen LogP contribution in [-0.4, -0.2) is 18.0 Å². The fourth-order valence-corrected chi connectivity index (χ4v) is 2.13. The van der Waals surface area contributed by atoms with Gasteiger partial charge in [0.15, 0.2) is 6.10 Å². The first-order chi connectivity index (χ1) is 11.4. The largest absolute Gasteiger partial charge is 0.452 e. The van der Waals surface area contributed by atoms with Gasteiger partial charge in [0, 0.05) is 0 Å². The second kappa shape index (κ2) is 7.88. The minimum atomic E-state index is -1.12. The van der Waals surface area contributed by atoms with Gasteiger partial charge in [0.2, 0.25) is 0 Å². The number of hydrogen-bond donors (Lipinski definition) is 1. The van der Waals surface area contributed by atoms with E-state index >= 15 is 0 Å². The van der Waals surface area contributed by atoms with Crippen molar-refractivity contribution in [3.8, 4) is 0 Å². The molecule has 0 saturated heterocycles. The summed E-state index contributed by atoms with van der Waals surface area (Å²) < 4.78 is 31.4. The smallest absolute Gasteiger partial charge is 0.311 e. The zero-order valence-corrected chi connectivity index (χ0v) is 13.4. The molecule has 1 amide bonds. The Morgan fingerprint density at radius 3 is 2.58 bits per heavy atom. The molecule has 2 aromatic rings. The van der Waals surface area contributed by atoms with Crippen molar-refractivity contribution in [2.45, 2.75) is 19.4 Å². The topological polar surface area (TPSA) is 55.4 Å². The summed E-state index contributed by atoms with van der Waals surface area (Å²) in [6.07, 6.45) is -1.41. The Labute approximate surface area is 142 Å². The van der Waals surface area contributed by atoms with Crippen molar-refractivity contribution < 1.29 is 23.1 Å². The summed E-state index contributed by atoms with van der Waals surface area (Å²) in [4.78, 5) is 23.8. The maximum atomic E-state index is 13.5. The Morgan fingerprint density at radius 1 is 1.21 bits per heavy atom. The van der Waals surface area contributed by atoms with Crippen LogP contribution in [0, 0.1) is 11.6 Å². The third-order valence-corrected chi connectivity index (χ3v) is 3.47. The molecule has 0 bridgehead atoms. The molecule has 1 atom stereocenters. The third-order valence-electron chi connectivity index (χ3n) is 3.16. The van der Waals surface area contributed by atoms with Crippen LogP contribution in [0.15, 0.2) is 42.5 Å². The normalized spacial score (nSPS) is 11.7. The number of carbonyl (C=O) groups is 2. The van der Waals surface area contributed by atoms with Gasteiger partial charge in [0.25, 0.3) is 5.91 Å². The Balaban J connectivity index is 1.93. The van der Waals surface area contributed by atoms with Gasteiger partial charge in [-0.25, -0.2) is 8.78 Å². The molecule has 2 aromatic carbocycles. The van der Waals surface area contributed by atoms with Crippen molar-refractivity contribution in [1.82, 2.24) is 0 Å². The molecule has 1 N–H and O–H groups in total. The zero-order chi connectivity index (χ0) is 17.7. The SMILES string of the molecule is C[C@H](OC(=O)Cc1ccccc1F)C(=O)Nc1ccc(F)cc1Cl. The molecule has 0 aliphatic rings. The lowest BCUT2D eigenvalue weighted by molar-refractivity contribution is -0.152. The number of benzene rings is 2. The van der Waals surface area contributed by atoms with Gasteiger partial charge in [-0.15, -0.1) is 0 Å². The van der Waals surface area contributed by atoms with Gasteiger partial charge in [-0.2, -0.15) is 0 Å². The lowest BCUT2D eigenvalue weighted by Gasteiger charge is -2.14. The molecule has 2 rings (SSSR count). The summed E-state index contributed by atoms with van der Waals surface area (Å²) in [7, 11) is 0. The molecule has 0 aliphatic heterocycles. The Bertz CT molecular complexity index is 767. The van der Waals surface area contributed by atoms with Crippen LogP contribution in [0.1, 0.15) is 12.5 Å². The second-order valence-electron chi connectivity index (χ2n) is 5.01. The molecule has 126 valence electrons. The first-order valence-corrected chi connectivity index (χ1v) is 7.43. The van der Waals surface area contributed by atoms with E-state index in [-0.39, 0.29) is 22.7 Å². The summed E-state index contributed by atoms with van der Waals surface area (Å²) in [5.74, 6) is -2.44. The van der Waals surface area contributed by atoms with E-state index in [1.807, 2.05) is 0 Å². The predicted octanol–water partition coefficient (Wildman–Crippen LogP) is 3.73. The number of halogens is 3. The number of esters is 1. The number of nitrogens with one attached hydrogen (secondary N) is 1. The summed E-state index contributed by atoms with van der Waals surface area (Å²) >= 11 is 5.80. The summed E-state index contributed by atoms with van der Waals surface area (Å²) in [6.45, 7) is 1.37. The Hall–Kier alpha value is -2.47. The van der Waals surface area contributed by atoms with Crippen molar-refractivity contribution in [3.05, 3.63) is 64.7 Å². The minimum Gasteiger partial charge on any atom is -0.452 e. The number of anilines is 1. The van der Waals surface area contributed by atoms with Crippen LogP contribution in [0.5, 0.6) is 0 Å². The molecule has 0 fully saturated rings. The first kappa shape index (κ1) is 17.9. The average molecular weight is 354 g/mol. The highest BCUT2D eigenvalue weighted by Gasteiger charge is 2.19. The second-order valence-corrected chi connectivity index (χ2v) is 5.42. The number of carbonyl (C=O) groups excluding carboxylic acids is 2. The van der Waals surface area contributed by atoms with Gasteiger partial charge in [-0.1, -0.05) is 29.8 Å². The maximum absolute atomic E-state index is 13.5. The quantitative estimate of drug-likeness (QED) is 0.833. The van der Waals surface area contributed by atoms with Crippen LogP contribution in [0.4, 0.5) is 14.5 Å². The Morgan fingerprint density at radius 2 is 1.92 bits per heavy atom. The average Bonchev–Trinajstić information content (AvgIpc) is 2.52. The highest BCUT2D eigenvalue weighted by atomic mass is 35.5. The summed E-state index contributed by atoms with van der Waals surface area (Å²) in [5.41, 5.74) is 0.372. The summed E-state index contributed by atoms with van der Waals surface area (Å²) in [5, 5.41) is 2.45. The van der Waals surface area contributed by atoms with E-state index < -0.39 is 29.6 Å². The van der Waals surface area contributed by atoms with Crippen molar-refractivity contribution >= 4 is 29.2 Å². The highest BCUT2D eigenvalue weighted by Crippen LogP contribution is 2.22. The van der Waals surface area contributed by atoms with E-state index in [0.717, 1.165) is 12.1 Å². The summed E-state index contributed by atoms with van der Waals surface area (Å²) in [6, 6.07) is 9.27. The van der Waals surface area contributed by atoms with E-state index in [1.165, 1.54) is 31.2 Å². The number of ether oxygens (including phenoxy) is 1.